The second-order valence-corrected chi connectivity index (χ2v) is 5.72. The molecule has 1 rings (SSSR count). The van der Waals surface area contributed by atoms with Gasteiger partial charge < -0.3 is 4.74 Å². The third kappa shape index (κ3) is 6.43. The molecule has 0 saturated heterocycles. The first-order valence-corrected chi connectivity index (χ1v) is 7.51. The number of nitrogens with zero attached hydrogens (tertiary/aromatic N) is 1. The van der Waals surface area contributed by atoms with Gasteiger partial charge in [0.15, 0.2) is 0 Å². The zero-order valence-corrected chi connectivity index (χ0v) is 13.6. The number of benzene rings is 1. The van der Waals surface area contributed by atoms with E-state index in [9.17, 15) is 4.79 Å². The number of hydrogen-bond acceptors (Lipinski definition) is 3. The zero-order chi connectivity index (χ0) is 15.8. The van der Waals surface area contributed by atoms with E-state index in [1.165, 1.54) is 0 Å². The molecule has 0 radical (unpaired) electrons. The van der Waals surface area contributed by atoms with Crippen molar-refractivity contribution in [2.75, 3.05) is 6.61 Å². The van der Waals surface area contributed by atoms with Gasteiger partial charge in [0.25, 0.3) is 11.9 Å². The van der Waals surface area contributed by atoms with E-state index in [1.54, 1.807) is 6.07 Å². The summed E-state index contributed by atoms with van der Waals surface area (Å²) in [7, 11) is 0. The number of hydrogen-bond donors (Lipinski definition) is 1. The van der Waals surface area contributed by atoms with Crippen molar-refractivity contribution < 1.29 is 9.53 Å². The van der Waals surface area contributed by atoms with Crippen LogP contribution < -0.4 is 5.32 Å². The van der Waals surface area contributed by atoms with Gasteiger partial charge in [-0.15, -0.1) is 0 Å². The van der Waals surface area contributed by atoms with Gasteiger partial charge in [-0.3, -0.25) is 10.1 Å². The lowest BCUT2D eigenvalue weighted by molar-refractivity contribution is 0.0963. The highest BCUT2D eigenvalue weighted by molar-refractivity contribution is 6.04. The van der Waals surface area contributed by atoms with Crippen LogP contribution in [0.1, 0.15) is 50.0 Å². The summed E-state index contributed by atoms with van der Waals surface area (Å²) in [6, 6.07) is 7.88. The molecule has 0 bridgehead atoms. The van der Waals surface area contributed by atoms with Gasteiger partial charge in [0.05, 0.1) is 12.6 Å². The second kappa shape index (κ2) is 8.45. The Kier molecular flexibility index (Phi) is 6.92. The third-order valence-electron chi connectivity index (χ3n) is 2.98. The molecule has 4 nitrogen and oxygen atoms in total. The van der Waals surface area contributed by atoms with Crippen LogP contribution in [0.15, 0.2) is 29.3 Å². The molecule has 1 amide bonds. The van der Waals surface area contributed by atoms with Gasteiger partial charge in [-0.25, -0.2) is 4.99 Å². The quantitative estimate of drug-likeness (QED) is 0.666. The van der Waals surface area contributed by atoms with E-state index in [2.05, 4.69) is 31.1 Å². The SMILES string of the molecule is CCC(C)N=C(NC(=O)c1cccc(C)c1)OCC(C)C. The predicted molar refractivity (Wildman–Crippen MR) is 86.6 cm³/mol. The largest absolute Gasteiger partial charge is 0.465 e. The number of aliphatic imine (C=N–C) groups is 1. The summed E-state index contributed by atoms with van der Waals surface area (Å²) in [5.74, 6) is 0.188. The minimum Gasteiger partial charge on any atom is -0.465 e. The summed E-state index contributed by atoms with van der Waals surface area (Å²) in [4.78, 5) is 16.7. The van der Waals surface area contributed by atoms with Crippen LogP contribution in [-0.2, 0) is 4.74 Å². The molecule has 0 heterocycles. The van der Waals surface area contributed by atoms with Crippen LogP contribution in [0.4, 0.5) is 0 Å². The Morgan fingerprint density at radius 1 is 1.33 bits per heavy atom. The Morgan fingerprint density at radius 3 is 2.62 bits per heavy atom. The number of amides is 1. The molecule has 0 aliphatic rings. The first-order valence-electron chi connectivity index (χ1n) is 7.51. The lowest BCUT2D eigenvalue weighted by atomic mass is 10.1. The third-order valence-corrected chi connectivity index (χ3v) is 2.98. The molecule has 1 atom stereocenters. The topological polar surface area (TPSA) is 50.7 Å². The van der Waals surface area contributed by atoms with Crippen LogP contribution in [0.25, 0.3) is 0 Å². The van der Waals surface area contributed by atoms with Crippen molar-refractivity contribution in [2.45, 2.75) is 47.1 Å². The smallest absolute Gasteiger partial charge is 0.291 e. The normalized spacial score (nSPS) is 13.1. The Balaban J connectivity index is 2.80. The van der Waals surface area contributed by atoms with E-state index in [1.807, 2.05) is 32.0 Å². The van der Waals surface area contributed by atoms with E-state index < -0.39 is 0 Å². The van der Waals surface area contributed by atoms with Gasteiger partial charge in [-0.05, 0) is 38.3 Å². The van der Waals surface area contributed by atoms with Gasteiger partial charge in [-0.1, -0.05) is 38.5 Å². The molecular formula is C17H26N2O2. The highest BCUT2D eigenvalue weighted by Crippen LogP contribution is 2.05. The number of nitrogens with one attached hydrogen (secondary N) is 1. The highest BCUT2D eigenvalue weighted by atomic mass is 16.5. The number of carbonyl (C=O) groups is 1. The molecule has 0 spiro atoms. The van der Waals surface area contributed by atoms with Crippen molar-refractivity contribution >= 4 is 11.9 Å². The molecule has 1 unspecified atom stereocenters. The van der Waals surface area contributed by atoms with Crippen molar-refractivity contribution in [1.82, 2.24) is 5.32 Å². The summed E-state index contributed by atoms with van der Waals surface area (Å²) >= 11 is 0. The van der Waals surface area contributed by atoms with Crippen LogP contribution in [0, 0.1) is 12.8 Å². The maximum Gasteiger partial charge on any atom is 0.291 e. The van der Waals surface area contributed by atoms with Crippen LogP contribution in [-0.4, -0.2) is 24.6 Å². The summed E-state index contributed by atoms with van der Waals surface area (Å²) in [6.07, 6.45) is 0.898. The van der Waals surface area contributed by atoms with Gasteiger partial charge in [0.1, 0.15) is 0 Å². The molecular weight excluding hydrogens is 264 g/mol. The first-order chi connectivity index (χ1) is 9.92. The molecule has 0 aliphatic heterocycles. The summed E-state index contributed by atoms with van der Waals surface area (Å²) in [5.41, 5.74) is 1.66. The van der Waals surface area contributed by atoms with Crippen molar-refractivity contribution in [3.05, 3.63) is 35.4 Å². The number of ether oxygens (including phenoxy) is 1. The first kappa shape index (κ1) is 17.2. The lowest BCUT2D eigenvalue weighted by Crippen LogP contribution is -2.34. The molecule has 0 aromatic heterocycles. The monoisotopic (exact) mass is 290 g/mol. The Morgan fingerprint density at radius 2 is 2.05 bits per heavy atom. The van der Waals surface area contributed by atoms with Crippen molar-refractivity contribution in [2.24, 2.45) is 10.9 Å². The van der Waals surface area contributed by atoms with Crippen LogP contribution in [0.3, 0.4) is 0 Å². The molecule has 116 valence electrons. The fourth-order valence-electron chi connectivity index (χ4n) is 1.60. The average molecular weight is 290 g/mol. The Bertz CT molecular complexity index is 495. The van der Waals surface area contributed by atoms with Crippen molar-refractivity contribution in [3.63, 3.8) is 0 Å². The van der Waals surface area contributed by atoms with Crippen LogP contribution in [0.2, 0.25) is 0 Å². The van der Waals surface area contributed by atoms with E-state index in [4.69, 9.17) is 4.74 Å². The zero-order valence-electron chi connectivity index (χ0n) is 13.6. The van der Waals surface area contributed by atoms with Gasteiger partial charge in [-0.2, -0.15) is 0 Å². The maximum absolute atomic E-state index is 12.2. The number of carbonyl (C=O) groups excluding carboxylic acids is 1. The minimum atomic E-state index is -0.190. The van der Waals surface area contributed by atoms with E-state index in [0.717, 1.165) is 12.0 Å². The number of amidine groups is 1. The van der Waals surface area contributed by atoms with E-state index in [0.29, 0.717) is 24.1 Å². The molecule has 1 N–H and O–H groups in total. The Hall–Kier alpha value is -1.84. The number of aryl methyl sites for hydroxylation is 1. The highest BCUT2D eigenvalue weighted by Gasteiger charge is 2.12. The van der Waals surface area contributed by atoms with Crippen molar-refractivity contribution in [1.29, 1.82) is 0 Å². The molecule has 4 heteroatoms. The molecule has 1 aromatic carbocycles. The molecule has 21 heavy (non-hydrogen) atoms. The summed E-state index contributed by atoms with van der Waals surface area (Å²) < 4.78 is 5.62. The van der Waals surface area contributed by atoms with Crippen LogP contribution >= 0.6 is 0 Å². The maximum atomic E-state index is 12.2. The fourth-order valence-corrected chi connectivity index (χ4v) is 1.60. The second-order valence-electron chi connectivity index (χ2n) is 5.72. The predicted octanol–water partition coefficient (Wildman–Crippen LogP) is 3.55. The lowest BCUT2D eigenvalue weighted by Gasteiger charge is -2.14. The average Bonchev–Trinajstić information content (AvgIpc) is 2.44. The summed E-state index contributed by atoms with van der Waals surface area (Å²) in [5, 5.41) is 2.77. The Labute approximate surface area is 127 Å². The minimum absolute atomic E-state index is 0.116. The summed E-state index contributed by atoms with van der Waals surface area (Å²) in [6.45, 7) is 10.7. The fraction of sp³-hybridized carbons (Fsp3) is 0.529. The molecule has 0 aliphatic carbocycles. The van der Waals surface area contributed by atoms with E-state index >= 15 is 0 Å². The van der Waals surface area contributed by atoms with Crippen LogP contribution in [0.5, 0.6) is 0 Å². The van der Waals surface area contributed by atoms with E-state index in [-0.39, 0.29) is 11.9 Å². The van der Waals surface area contributed by atoms with Gasteiger partial charge >= 0.3 is 0 Å². The standard InChI is InChI=1S/C17H26N2O2/c1-6-14(5)18-17(21-11-12(2)3)19-16(20)15-9-7-8-13(4)10-15/h7-10,12,14H,6,11H2,1-5H3,(H,18,19,20). The molecule has 1 aromatic rings. The van der Waals surface area contributed by atoms with Crippen molar-refractivity contribution in [3.8, 4) is 0 Å². The van der Waals surface area contributed by atoms with Gasteiger partial charge in [0.2, 0.25) is 0 Å². The molecule has 0 fully saturated rings. The molecule has 0 saturated carbocycles. The van der Waals surface area contributed by atoms with Gasteiger partial charge in [0, 0.05) is 5.56 Å². The number of rotatable bonds is 5.